The molecule has 21 heavy (non-hydrogen) atoms. The summed E-state index contributed by atoms with van der Waals surface area (Å²) in [6, 6.07) is 3.17. The number of carboxylic acids is 1. The highest BCUT2D eigenvalue weighted by molar-refractivity contribution is 5.93. The second kappa shape index (κ2) is 5.71. The van der Waals surface area contributed by atoms with Crippen LogP contribution in [0.25, 0.3) is 0 Å². The van der Waals surface area contributed by atoms with E-state index in [1.807, 2.05) is 0 Å². The van der Waals surface area contributed by atoms with Crippen molar-refractivity contribution in [1.82, 2.24) is 5.32 Å². The summed E-state index contributed by atoms with van der Waals surface area (Å²) >= 11 is 0. The molecule has 0 heterocycles. The first-order chi connectivity index (χ1) is 9.77. The molecule has 0 bridgehead atoms. The third kappa shape index (κ3) is 3.93. The summed E-state index contributed by atoms with van der Waals surface area (Å²) in [6.45, 7) is 4.32. The van der Waals surface area contributed by atoms with Crippen molar-refractivity contribution >= 4 is 17.7 Å². The van der Waals surface area contributed by atoms with Gasteiger partial charge in [-0.15, -0.1) is 0 Å². The Balaban J connectivity index is 1.97. The Labute approximate surface area is 122 Å². The van der Waals surface area contributed by atoms with E-state index in [-0.39, 0.29) is 17.1 Å². The van der Waals surface area contributed by atoms with Crippen LogP contribution in [0.3, 0.4) is 0 Å². The van der Waals surface area contributed by atoms with Crippen LogP contribution in [-0.4, -0.2) is 23.1 Å². The van der Waals surface area contributed by atoms with E-state index in [1.165, 1.54) is 6.07 Å². The van der Waals surface area contributed by atoms with Crippen LogP contribution < -0.4 is 10.6 Å². The van der Waals surface area contributed by atoms with Gasteiger partial charge in [-0.25, -0.2) is 14.0 Å². The molecule has 1 aliphatic rings. The maximum Gasteiger partial charge on any atom is 0.338 e. The number of carbonyl (C=O) groups excluding carboxylic acids is 1. The summed E-state index contributed by atoms with van der Waals surface area (Å²) in [5.74, 6) is -2.19. The Bertz CT molecular complexity index is 572. The summed E-state index contributed by atoms with van der Waals surface area (Å²) in [5.41, 5.74) is 0.0166. The molecule has 1 fully saturated rings. The number of rotatable bonds is 3. The fourth-order valence-corrected chi connectivity index (χ4v) is 2.68. The Hall–Kier alpha value is -2.11. The highest BCUT2D eigenvalue weighted by atomic mass is 19.1. The molecule has 1 saturated carbocycles. The number of carboxylic acid groups (broad SMARTS) is 1. The van der Waals surface area contributed by atoms with Crippen molar-refractivity contribution in [1.29, 1.82) is 0 Å². The third-order valence-electron chi connectivity index (χ3n) is 3.76. The minimum absolute atomic E-state index is 0.111. The quantitative estimate of drug-likeness (QED) is 0.801. The number of aromatic carboxylic acids is 1. The van der Waals surface area contributed by atoms with E-state index in [1.54, 1.807) is 0 Å². The maximum absolute atomic E-state index is 13.3. The summed E-state index contributed by atoms with van der Waals surface area (Å²) in [7, 11) is 0. The molecule has 114 valence electrons. The van der Waals surface area contributed by atoms with Crippen molar-refractivity contribution in [2.75, 3.05) is 5.32 Å². The van der Waals surface area contributed by atoms with E-state index < -0.39 is 23.4 Å². The second-order valence-electron chi connectivity index (χ2n) is 6.20. The Kier molecular flexibility index (Phi) is 4.16. The van der Waals surface area contributed by atoms with Gasteiger partial charge in [-0.1, -0.05) is 13.8 Å². The minimum atomic E-state index is -1.37. The topological polar surface area (TPSA) is 78.4 Å². The first-order valence-electron chi connectivity index (χ1n) is 6.87. The minimum Gasteiger partial charge on any atom is -0.478 e. The smallest absolute Gasteiger partial charge is 0.338 e. The van der Waals surface area contributed by atoms with Gasteiger partial charge < -0.3 is 15.7 Å². The van der Waals surface area contributed by atoms with Crippen LogP contribution in [0.5, 0.6) is 0 Å². The molecule has 1 aromatic rings. The number of carbonyl (C=O) groups is 2. The average molecular weight is 294 g/mol. The first-order valence-corrected chi connectivity index (χ1v) is 6.87. The highest BCUT2D eigenvalue weighted by Crippen LogP contribution is 2.36. The van der Waals surface area contributed by atoms with Gasteiger partial charge in [-0.3, -0.25) is 0 Å². The van der Waals surface area contributed by atoms with E-state index in [9.17, 15) is 14.0 Å². The fourth-order valence-electron chi connectivity index (χ4n) is 2.68. The van der Waals surface area contributed by atoms with Crippen molar-refractivity contribution in [3.05, 3.63) is 29.6 Å². The van der Waals surface area contributed by atoms with Crippen LogP contribution in [0.15, 0.2) is 18.2 Å². The molecule has 5 nitrogen and oxygen atoms in total. The molecule has 1 unspecified atom stereocenters. The van der Waals surface area contributed by atoms with Gasteiger partial charge in [0, 0.05) is 11.7 Å². The Morgan fingerprint density at radius 3 is 2.67 bits per heavy atom. The van der Waals surface area contributed by atoms with E-state index in [2.05, 4.69) is 24.5 Å². The van der Waals surface area contributed by atoms with Gasteiger partial charge >= 0.3 is 12.0 Å². The average Bonchev–Trinajstić information content (AvgIpc) is 2.70. The summed E-state index contributed by atoms with van der Waals surface area (Å²) in [5, 5.41) is 14.2. The Morgan fingerprint density at radius 1 is 1.38 bits per heavy atom. The lowest BCUT2D eigenvalue weighted by Gasteiger charge is -2.18. The zero-order valence-electron chi connectivity index (χ0n) is 12.1. The number of amides is 2. The molecule has 2 amide bonds. The number of urea groups is 1. The van der Waals surface area contributed by atoms with Crippen molar-refractivity contribution in [2.24, 2.45) is 5.41 Å². The number of hydrogen-bond acceptors (Lipinski definition) is 2. The summed E-state index contributed by atoms with van der Waals surface area (Å²) < 4.78 is 13.3. The molecule has 2 rings (SSSR count). The lowest BCUT2D eigenvalue weighted by atomic mass is 9.92. The fraction of sp³-hybridized carbons (Fsp3) is 0.467. The van der Waals surface area contributed by atoms with E-state index >= 15 is 0 Å². The van der Waals surface area contributed by atoms with Gasteiger partial charge in [-0.05, 0) is 42.9 Å². The molecule has 1 aliphatic carbocycles. The molecule has 6 heteroatoms. The van der Waals surface area contributed by atoms with Gasteiger partial charge in [0.25, 0.3) is 0 Å². The predicted molar refractivity (Wildman–Crippen MR) is 76.9 cm³/mol. The summed E-state index contributed by atoms with van der Waals surface area (Å²) in [6.07, 6.45) is 2.88. The number of benzene rings is 1. The van der Waals surface area contributed by atoms with Crippen LogP contribution in [0.4, 0.5) is 14.9 Å². The van der Waals surface area contributed by atoms with Gasteiger partial charge in [0.15, 0.2) is 0 Å². The molecule has 1 atom stereocenters. The van der Waals surface area contributed by atoms with Gasteiger partial charge in [-0.2, -0.15) is 0 Å². The molecule has 0 aliphatic heterocycles. The predicted octanol–water partition coefficient (Wildman–Crippen LogP) is 3.22. The molecular formula is C15H19FN2O3. The largest absolute Gasteiger partial charge is 0.478 e. The highest BCUT2D eigenvalue weighted by Gasteiger charge is 2.31. The van der Waals surface area contributed by atoms with Crippen molar-refractivity contribution in [3.63, 3.8) is 0 Å². The van der Waals surface area contributed by atoms with Crippen molar-refractivity contribution in [2.45, 2.75) is 39.2 Å². The van der Waals surface area contributed by atoms with Crippen molar-refractivity contribution in [3.8, 4) is 0 Å². The van der Waals surface area contributed by atoms with Crippen LogP contribution >= 0.6 is 0 Å². The molecule has 0 spiro atoms. The van der Waals surface area contributed by atoms with Crippen molar-refractivity contribution < 1.29 is 19.1 Å². The normalized spacial score (nSPS) is 20.0. The number of anilines is 1. The van der Waals surface area contributed by atoms with E-state index in [0.717, 1.165) is 31.4 Å². The van der Waals surface area contributed by atoms with Gasteiger partial charge in [0.1, 0.15) is 5.82 Å². The third-order valence-corrected chi connectivity index (χ3v) is 3.76. The van der Waals surface area contributed by atoms with Crippen LogP contribution in [0.1, 0.15) is 43.5 Å². The van der Waals surface area contributed by atoms with Crippen LogP contribution in [0, 0.1) is 11.2 Å². The molecule has 0 aromatic heterocycles. The van der Waals surface area contributed by atoms with Gasteiger partial charge in [0.05, 0.1) is 5.56 Å². The Morgan fingerprint density at radius 2 is 2.10 bits per heavy atom. The van der Waals surface area contributed by atoms with Crippen LogP contribution in [0.2, 0.25) is 0 Å². The lowest BCUT2D eigenvalue weighted by Crippen LogP contribution is -2.36. The molecule has 1 aromatic carbocycles. The SMILES string of the molecule is CC1(C)CCC(NC(=O)Nc2ccc(F)c(C(=O)O)c2)C1. The number of nitrogens with one attached hydrogen (secondary N) is 2. The van der Waals surface area contributed by atoms with E-state index in [4.69, 9.17) is 5.11 Å². The molecular weight excluding hydrogens is 275 g/mol. The second-order valence-corrected chi connectivity index (χ2v) is 6.20. The monoisotopic (exact) mass is 294 g/mol. The molecule has 3 N–H and O–H groups in total. The van der Waals surface area contributed by atoms with Crippen LogP contribution in [-0.2, 0) is 0 Å². The standard InChI is InChI=1S/C15H19FN2O3/c1-15(2)6-5-10(8-15)18-14(21)17-9-3-4-12(16)11(7-9)13(19)20/h3-4,7,10H,5-6,8H2,1-2H3,(H,19,20)(H2,17,18,21). The summed E-state index contributed by atoms with van der Waals surface area (Å²) in [4.78, 5) is 22.7. The molecule has 0 radical (unpaired) electrons. The van der Waals surface area contributed by atoms with E-state index in [0.29, 0.717) is 0 Å². The zero-order valence-corrected chi connectivity index (χ0v) is 12.1. The van der Waals surface area contributed by atoms with Gasteiger partial charge in [0.2, 0.25) is 0 Å². The number of halogens is 1. The first kappa shape index (κ1) is 15.3. The molecule has 0 saturated heterocycles. The number of hydrogen-bond donors (Lipinski definition) is 3. The lowest BCUT2D eigenvalue weighted by molar-refractivity contribution is 0.0692. The maximum atomic E-state index is 13.3. The zero-order chi connectivity index (χ0) is 15.6.